The smallest absolute Gasteiger partial charge is 0.128 e. The number of hydrogen-bond acceptors (Lipinski definition) is 3. The van der Waals surface area contributed by atoms with Gasteiger partial charge in [-0.15, -0.1) is 0 Å². The van der Waals surface area contributed by atoms with E-state index in [0.29, 0.717) is 0 Å². The second-order valence-electron chi connectivity index (χ2n) is 4.82. The first-order valence-corrected chi connectivity index (χ1v) is 7.08. The van der Waals surface area contributed by atoms with Crippen molar-refractivity contribution in [1.29, 1.82) is 0 Å². The lowest BCUT2D eigenvalue weighted by Crippen LogP contribution is -2.26. The molecule has 1 rings (SSSR count). The summed E-state index contributed by atoms with van der Waals surface area (Å²) in [5.41, 5.74) is 0.943. The summed E-state index contributed by atoms with van der Waals surface area (Å²) in [4.78, 5) is 6.77. The van der Waals surface area contributed by atoms with Crippen LogP contribution in [0.25, 0.3) is 0 Å². The Kier molecular flexibility index (Phi) is 6.73. The molecule has 0 aromatic carbocycles. The lowest BCUT2D eigenvalue weighted by Gasteiger charge is -2.24. The highest BCUT2D eigenvalue weighted by molar-refractivity contribution is 5.41. The van der Waals surface area contributed by atoms with Crippen LogP contribution in [0.3, 0.4) is 0 Å². The molecule has 3 nitrogen and oxygen atoms in total. The van der Waals surface area contributed by atoms with Gasteiger partial charge in [-0.3, -0.25) is 0 Å². The molecule has 1 aromatic rings. The molecule has 1 heterocycles. The Bertz CT molecular complexity index is 331. The molecule has 18 heavy (non-hydrogen) atoms. The van der Waals surface area contributed by atoms with Gasteiger partial charge in [0, 0.05) is 19.3 Å². The average Bonchev–Trinajstić information content (AvgIpc) is 2.39. The van der Waals surface area contributed by atoms with Gasteiger partial charge in [0.25, 0.3) is 0 Å². The van der Waals surface area contributed by atoms with E-state index in [2.05, 4.69) is 23.7 Å². The molecule has 0 aliphatic rings. The van der Waals surface area contributed by atoms with E-state index in [1.54, 1.807) is 13.1 Å². The number of rotatable bonds is 8. The van der Waals surface area contributed by atoms with Crippen LogP contribution in [-0.2, 0) is 0 Å². The number of aliphatic hydroxyl groups is 1. The highest BCUT2D eigenvalue weighted by Crippen LogP contribution is 2.18. The Hall–Kier alpha value is -1.09. The van der Waals surface area contributed by atoms with Crippen molar-refractivity contribution in [3.05, 3.63) is 23.9 Å². The second kappa shape index (κ2) is 8.09. The van der Waals surface area contributed by atoms with Crippen LogP contribution in [-0.4, -0.2) is 23.2 Å². The molecule has 0 bridgehead atoms. The molecule has 102 valence electrons. The zero-order valence-corrected chi connectivity index (χ0v) is 11.9. The summed E-state index contributed by atoms with van der Waals surface area (Å²) < 4.78 is 0. The van der Waals surface area contributed by atoms with Crippen LogP contribution in [0.2, 0.25) is 0 Å². The van der Waals surface area contributed by atoms with Crippen molar-refractivity contribution < 1.29 is 5.11 Å². The van der Waals surface area contributed by atoms with Crippen LogP contribution < -0.4 is 4.90 Å². The number of anilines is 1. The maximum absolute atomic E-state index is 9.64. The molecule has 0 amide bonds. The summed E-state index contributed by atoms with van der Waals surface area (Å²) in [6.07, 6.45) is 6.12. The molecular weight excluding hydrogens is 224 g/mol. The number of aliphatic hydroxyl groups excluding tert-OH is 1. The van der Waals surface area contributed by atoms with E-state index in [0.717, 1.165) is 24.5 Å². The van der Waals surface area contributed by atoms with Gasteiger partial charge in [-0.05, 0) is 37.5 Å². The van der Waals surface area contributed by atoms with Crippen molar-refractivity contribution in [1.82, 2.24) is 4.98 Å². The van der Waals surface area contributed by atoms with Crippen LogP contribution in [0.1, 0.15) is 58.1 Å². The highest BCUT2D eigenvalue weighted by Gasteiger charge is 2.09. The number of nitrogens with zero attached hydrogens (tertiary/aromatic N) is 2. The van der Waals surface area contributed by atoms with Crippen molar-refractivity contribution in [2.45, 2.75) is 52.6 Å². The number of unbranched alkanes of at least 4 members (excludes halogenated alkanes) is 2. The lowest BCUT2D eigenvalue weighted by atomic mass is 10.1. The summed E-state index contributed by atoms with van der Waals surface area (Å²) in [5.74, 6) is 0.996. The summed E-state index contributed by atoms with van der Waals surface area (Å²) >= 11 is 0. The molecular formula is C15H26N2O. The SMILES string of the molecule is CCCCN(CCCC)c1cc(C(C)O)ccn1. The normalized spacial score (nSPS) is 12.4. The minimum Gasteiger partial charge on any atom is -0.389 e. The fourth-order valence-corrected chi connectivity index (χ4v) is 1.91. The topological polar surface area (TPSA) is 36.4 Å². The Morgan fingerprint density at radius 2 is 1.83 bits per heavy atom. The number of pyridine rings is 1. The molecule has 0 fully saturated rings. The summed E-state index contributed by atoms with van der Waals surface area (Å²) in [6.45, 7) is 8.30. The van der Waals surface area contributed by atoms with Gasteiger partial charge in [0.1, 0.15) is 5.82 Å². The van der Waals surface area contributed by atoms with Gasteiger partial charge >= 0.3 is 0 Å². The first kappa shape index (κ1) is 15.0. The number of aromatic nitrogens is 1. The average molecular weight is 250 g/mol. The van der Waals surface area contributed by atoms with Gasteiger partial charge in [-0.2, -0.15) is 0 Å². The first-order chi connectivity index (χ1) is 8.69. The van der Waals surface area contributed by atoms with E-state index in [-0.39, 0.29) is 0 Å². The third-order valence-corrected chi connectivity index (χ3v) is 3.14. The number of hydrogen-bond donors (Lipinski definition) is 1. The fourth-order valence-electron chi connectivity index (χ4n) is 1.91. The summed E-state index contributed by atoms with van der Waals surface area (Å²) in [6, 6.07) is 3.89. The maximum atomic E-state index is 9.64. The molecule has 3 heteroatoms. The van der Waals surface area contributed by atoms with Gasteiger partial charge in [-0.1, -0.05) is 26.7 Å². The molecule has 0 saturated heterocycles. The van der Waals surface area contributed by atoms with Crippen molar-refractivity contribution in [3.63, 3.8) is 0 Å². The Balaban J connectivity index is 2.78. The van der Waals surface area contributed by atoms with Crippen LogP contribution in [0.5, 0.6) is 0 Å². The van der Waals surface area contributed by atoms with Gasteiger partial charge < -0.3 is 10.0 Å². The van der Waals surface area contributed by atoms with Crippen LogP contribution in [0, 0.1) is 0 Å². The second-order valence-corrected chi connectivity index (χ2v) is 4.82. The molecule has 1 N–H and O–H groups in total. The van der Waals surface area contributed by atoms with Crippen LogP contribution in [0.4, 0.5) is 5.82 Å². The van der Waals surface area contributed by atoms with E-state index >= 15 is 0 Å². The molecule has 1 atom stereocenters. The Morgan fingerprint density at radius 3 is 2.33 bits per heavy atom. The van der Waals surface area contributed by atoms with E-state index in [4.69, 9.17) is 0 Å². The van der Waals surface area contributed by atoms with Crippen molar-refractivity contribution in [2.75, 3.05) is 18.0 Å². The molecule has 1 aromatic heterocycles. The van der Waals surface area contributed by atoms with E-state index in [9.17, 15) is 5.11 Å². The quantitative estimate of drug-likeness (QED) is 0.766. The molecule has 0 aliphatic carbocycles. The monoisotopic (exact) mass is 250 g/mol. The molecule has 0 spiro atoms. The third kappa shape index (κ3) is 4.65. The minimum absolute atomic E-state index is 0.425. The van der Waals surface area contributed by atoms with Gasteiger partial charge in [0.2, 0.25) is 0 Å². The van der Waals surface area contributed by atoms with E-state index in [1.807, 2.05) is 12.1 Å². The van der Waals surface area contributed by atoms with Crippen molar-refractivity contribution in [3.8, 4) is 0 Å². The zero-order chi connectivity index (χ0) is 13.4. The molecule has 0 aliphatic heterocycles. The first-order valence-electron chi connectivity index (χ1n) is 7.08. The largest absolute Gasteiger partial charge is 0.389 e. The highest BCUT2D eigenvalue weighted by atomic mass is 16.3. The summed E-state index contributed by atoms with van der Waals surface area (Å²) in [7, 11) is 0. The predicted molar refractivity (Wildman–Crippen MR) is 76.9 cm³/mol. The Morgan fingerprint density at radius 1 is 1.22 bits per heavy atom. The van der Waals surface area contributed by atoms with Crippen LogP contribution >= 0.6 is 0 Å². The van der Waals surface area contributed by atoms with Crippen molar-refractivity contribution >= 4 is 5.82 Å². The van der Waals surface area contributed by atoms with Gasteiger partial charge in [0.15, 0.2) is 0 Å². The summed E-state index contributed by atoms with van der Waals surface area (Å²) in [5, 5.41) is 9.64. The van der Waals surface area contributed by atoms with E-state index < -0.39 is 6.10 Å². The van der Waals surface area contributed by atoms with Gasteiger partial charge in [0.05, 0.1) is 6.10 Å². The van der Waals surface area contributed by atoms with Gasteiger partial charge in [-0.25, -0.2) is 4.98 Å². The fraction of sp³-hybridized carbons (Fsp3) is 0.667. The van der Waals surface area contributed by atoms with Crippen LogP contribution in [0.15, 0.2) is 18.3 Å². The molecule has 0 saturated carbocycles. The standard InChI is InChI=1S/C15H26N2O/c1-4-6-10-17(11-7-5-2)15-12-14(13(3)18)8-9-16-15/h8-9,12-13,18H,4-7,10-11H2,1-3H3. The maximum Gasteiger partial charge on any atom is 0.128 e. The molecule has 0 radical (unpaired) electrons. The third-order valence-electron chi connectivity index (χ3n) is 3.14. The lowest BCUT2D eigenvalue weighted by molar-refractivity contribution is 0.199. The predicted octanol–water partition coefficient (Wildman–Crippen LogP) is 3.54. The zero-order valence-electron chi connectivity index (χ0n) is 11.9. The molecule has 1 unspecified atom stereocenters. The minimum atomic E-state index is -0.425. The Labute approximate surface area is 111 Å². The van der Waals surface area contributed by atoms with Crippen molar-refractivity contribution in [2.24, 2.45) is 0 Å². The van der Waals surface area contributed by atoms with E-state index in [1.165, 1.54) is 25.7 Å².